The molecule has 0 atom stereocenters. The number of aromatic nitrogens is 1. The zero-order valence-electron chi connectivity index (χ0n) is 7.68. The molecule has 70 valence electrons. The zero-order chi connectivity index (χ0) is 9.26. The summed E-state index contributed by atoms with van der Waals surface area (Å²) in [5.41, 5.74) is 1.08. The molecular weight excluding hydrogens is 184 g/mol. The van der Waals surface area contributed by atoms with Crippen molar-refractivity contribution in [1.29, 1.82) is 0 Å². The highest BCUT2D eigenvalue weighted by atomic mass is 35.5. The van der Waals surface area contributed by atoms with E-state index in [9.17, 15) is 0 Å². The first-order valence-electron chi connectivity index (χ1n) is 4.62. The van der Waals surface area contributed by atoms with Crippen LogP contribution in [0.5, 0.6) is 0 Å². The SMILES string of the molecule is Cc1ccnc(NCC2CC2)c1Cl. The third-order valence-corrected chi connectivity index (χ3v) is 2.81. The summed E-state index contributed by atoms with van der Waals surface area (Å²) in [5, 5.41) is 4.03. The highest BCUT2D eigenvalue weighted by Gasteiger charge is 2.21. The second-order valence-corrected chi connectivity index (χ2v) is 3.99. The molecule has 1 aliphatic carbocycles. The predicted octanol–water partition coefficient (Wildman–Crippen LogP) is 2.87. The van der Waals surface area contributed by atoms with Gasteiger partial charge in [-0.1, -0.05) is 11.6 Å². The van der Waals surface area contributed by atoms with Crippen LogP contribution in [0.3, 0.4) is 0 Å². The van der Waals surface area contributed by atoms with Crippen LogP contribution < -0.4 is 5.32 Å². The van der Waals surface area contributed by atoms with Crippen LogP contribution in [0.1, 0.15) is 18.4 Å². The number of hydrogen-bond acceptors (Lipinski definition) is 2. The summed E-state index contributed by atoms with van der Waals surface area (Å²) < 4.78 is 0. The van der Waals surface area contributed by atoms with E-state index in [1.807, 2.05) is 13.0 Å². The third kappa shape index (κ3) is 2.13. The van der Waals surface area contributed by atoms with Crippen LogP contribution in [0, 0.1) is 12.8 Å². The van der Waals surface area contributed by atoms with E-state index in [4.69, 9.17) is 11.6 Å². The molecule has 0 radical (unpaired) electrons. The fraction of sp³-hybridized carbons (Fsp3) is 0.500. The first-order chi connectivity index (χ1) is 6.27. The fourth-order valence-corrected chi connectivity index (χ4v) is 1.41. The number of rotatable bonds is 3. The number of nitrogens with zero attached hydrogens (tertiary/aromatic N) is 1. The summed E-state index contributed by atoms with van der Waals surface area (Å²) in [6, 6.07) is 1.92. The van der Waals surface area contributed by atoms with Crippen molar-refractivity contribution in [2.75, 3.05) is 11.9 Å². The van der Waals surface area contributed by atoms with Gasteiger partial charge in [0.05, 0.1) is 5.02 Å². The third-order valence-electron chi connectivity index (χ3n) is 2.34. The normalized spacial score (nSPS) is 15.8. The summed E-state index contributed by atoms with van der Waals surface area (Å²) in [6.45, 7) is 3.00. The molecular formula is C10H13ClN2. The molecule has 3 heteroatoms. The van der Waals surface area contributed by atoms with Crippen LogP contribution in [0.25, 0.3) is 0 Å². The van der Waals surface area contributed by atoms with Gasteiger partial charge in [0.15, 0.2) is 0 Å². The van der Waals surface area contributed by atoms with Crippen LogP contribution in [0.2, 0.25) is 5.02 Å². The number of pyridine rings is 1. The molecule has 1 N–H and O–H groups in total. The molecule has 1 fully saturated rings. The van der Waals surface area contributed by atoms with Crippen molar-refractivity contribution in [3.63, 3.8) is 0 Å². The topological polar surface area (TPSA) is 24.9 Å². The van der Waals surface area contributed by atoms with Gasteiger partial charge in [0, 0.05) is 12.7 Å². The maximum atomic E-state index is 6.07. The first-order valence-corrected chi connectivity index (χ1v) is 5.00. The van der Waals surface area contributed by atoms with Gasteiger partial charge < -0.3 is 5.32 Å². The summed E-state index contributed by atoms with van der Waals surface area (Å²) >= 11 is 6.07. The van der Waals surface area contributed by atoms with Crippen molar-refractivity contribution in [3.8, 4) is 0 Å². The minimum atomic E-state index is 0.753. The molecule has 1 saturated carbocycles. The van der Waals surface area contributed by atoms with E-state index in [0.29, 0.717) is 0 Å². The Labute approximate surface area is 83.3 Å². The summed E-state index contributed by atoms with van der Waals surface area (Å²) in [5.74, 6) is 1.67. The highest BCUT2D eigenvalue weighted by molar-refractivity contribution is 6.33. The van der Waals surface area contributed by atoms with Crippen LogP contribution in [-0.2, 0) is 0 Å². The van der Waals surface area contributed by atoms with Crippen LogP contribution in [0.15, 0.2) is 12.3 Å². The van der Waals surface area contributed by atoms with Crippen LogP contribution in [-0.4, -0.2) is 11.5 Å². The van der Waals surface area contributed by atoms with E-state index in [0.717, 1.165) is 28.9 Å². The number of halogens is 1. The van der Waals surface area contributed by atoms with Crippen molar-refractivity contribution < 1.29 is 0 Å². The summed E-state index contributed by atoms with van der Waals surface area (Å²) in [6.07, 6.45) is 4.48. The Morgan fingerprint density at radius 2 is 2.38 bits per heavy atom. The summed E-state index contributed by atoms with van der Waals surface area (Å²) in [4.78, 5) is 4.20. The largest absolute Gasteiger partial charge is 0.369 e. The van der Waals surface area contributed by atoms with E-state index in [2.05, 4.69) is 10.3 Å². The minimum absolute atomic E-state index is 0.753. The van der Waals surface area contributed by atoms with E-state index in [1.165, 1.54) is 12.8 Å². The number of anilines is 1. The van der Waals surface area contributed by atoms with Crippen molar-refractivity contribution in [1.82, 2.24) is 4.98 Å². The van der Waals surface area contributed by atoms with Crippen LogP contribution >= 0.6 is 11.6 Å². The second kappa shape index (κ2) is 3.54. The smallest absolute Gasteiger partial charge is 0.145 e. The number of nitrogens with one attached hydrogen (secondary N) is 1. The molecule has 1 heterocycles. The Balaban J connectivity index is 2.05. The van der Waals surface area contributed by atoms with E-state index in [-0.39, 0.29) is 0 Å². The Kier molecular flexibility index (Phi) is 2.40. The lowest BCUT2D eigenvalue weighted by atomic mass is 10.3. The maximum Gasteiger partial charge on any atom is 0.145 e. The average molecular weight is 197 g/mol. The lowest BCUT2D eigenvalue weighted by Crippen LogP contribution is -2.05. The second-order valence-electron chi connectivity index (χ2n) is 3.61. The van der Waals surface area contributed by atoms with Crippen LogP contribution in [0.4, 0.5) is 5.82 Å². The lowest BCUT2D eigenvalue weighted by Gasteiger charge is -2.07. The molecule has 0 spiro atoms. The zero-order valence-corrected chi connectivity index (χ0v) is 8.43. The van der Waals surface area contributed by atoms with Gasteiger partial charge in [-0.15, -0.1) is 0 Å². The lowest BCUT2D eigenvalue weighted by molar-refractivity contribution is 0.882. The van der Waals surface area contributed by atoms with E-state index < -0.39 is 0 Å². The molecule has 2 nitrogen and oxygen atoms in total. The van der Waals surface area contributed by atoms with Gasteiger partial charge in [-0.05, 0) is 37.3 Å². The van der Waals surface area contributed by atoms with Gasteiger partial charge in [0.1, 0.15) is 5.82 Å². The van der Waals surface area contributed by atoms with Crippen molar-refractivity contribution in [3.05, 3.63) is 22.8 Å². The minimum Gasteiger partial charge on any atom is -0.369 e. The standard InChI is InChI=1S/C10H13ClN2/c1-7-4-5-12-10(9(7)11)13-6-8-2-3-8/h4-5,8H,2-3,6H2,1H3,(H,12,13). The molecule has 2 rings (SSSR count). The molecule has 0 bridgehead atoms. The molecule has 13 heavy (non-hydrogen) atoms. The van der Waals surface area contributed by atoms with E-state index in [1.54, 1.807) is 6.20 Å². The van der Waals surface area contributed by atoms with Gasteiger partial charge in [0.2, 0.25) is 0 Å². The quantitative estimate of drug-likeness (QED) is 0.804. The average Bonchev–Trinajstić information content (AvgIpc) is 2.91. The number of hydrogen-bond donors (Lipinski definition) is 1. The predicted molar refractivity (Wildman–Crippen MR) is 55.2 cm³/mol. The Morgan fingerprint density at radius 3 is 3.08 bits per heavy atom. The maximum absolute atomic E-state index is 6.07. The monoisotopic (exact) mass is 196 g/mol. The molecule has 0 saturated heterocycles. The van der Waals surface area contributed by atoms with Gasteiger partial charge in [0.25, 0.3) is 0 Å². The highest BCUT2D eigenvalue weighted by Crippen LogP contribution is 2.30. The molecule has 0 unspecified atom stereocenters. The Bertz CT molecular complexity index is 308. The molecule has 1 aromatic heterocycles. The first kappa shape index (κ1) is 8.82. The van der Waals surface area contributed by atoms with Gasteiger partial charge in [-0.3, -0.25) is 0 Å². The van der Waals surface area contributed by atoms with Gasteiger partial charge >= 0.3 is 0 Å². The Hall–Kier alpha value is -0.760. The molecule has 0 aromatic carbocycles. The molecule has 0 amide bonds. The van der Waals surface area contributed by atoms with E-state index >= 15 is 0 Å². The molecule has 1 aliphatic rings. The molecule has 1 aromatic rings. The van der Waals surface area contributed by atoms with Crippen molar-refractivity contribution in [2.24, 2.45) is 5.92 Å². The van der Waals surface area contributed by atoms with Gasteiger partial charge in [-0.25, -0.2) is 4.98 Å². The Morgan fingerprint density at radius 1 is 1.62 bits per heavy atom. The molecule has 0 aliphatic heterocycles. The fourth-order valence-electron chi connectivity index (χ4n) is 1.23. The van der Waals surface area contributed by atoms with Crippen molar-refractivity contribution >= 4 is 17.4 Å². The van der Waals surface area contributed by atoms with Crippen molar-refractivity contribution in [2.45, 2.75) is 19.8 Å². The summed E-state index contributed by atoms with van der Waals surface area (Å²) in [7, 11) is 0. The number of aryl methyl sites for hydroxylation is 1. The van der Waals surface area contributed by atoms with Gasteiger partial charge in [-0.2, -0.15) is 0 Å².